The van der Waals surface area contributed by atoms with Gasteiger partial charge in [0.1, 0.15) is 43.2 Å². The van der Waals surface area contributed by atoms with Crippen molar-refractivity contribution in [3.63, 3.8) is 0 Å². The largest absolute Gasteiger partial charge is 0.463 e. The molecule has 12 nitrogen and oxygen atoms in total. The molecule has 9 atom stereocenters. The Balaban J connectivity index is 2.07. The highest BCUT2D eigenvalue weighted by atomic mass is 16.7. The number of esters is 2. The lowest BCUT2D eigenvalue weighted by Crippen LogP contribution is -2.63. The lowest BCUT2D eigenvalue weighted by Gasteiger charge is -2.44. The topological polar surface area (TPSA) is 181 Å². The average Bonchev–Trinajstić information content (AvgIpc) is 2.59. The standard InChI is InChI=1S/C15H24O12/c1-5(16)23-3-7-9(18)11(20)12(21)15(26-7)27-13-10(19)8(25-6(2)17)4-24-14(13)22/h7-15,18-22H,3-4H2,1-2H3. The van der Waals surface area contributed by atoms with E-state index < -0.39 is 73.9 Å². The molecule has 9 unspecified atom stereocenters. The number of rotatable bonds is 5. The van der Waals surface area contributed by atoms with E-state index in [1.165, 1.54) is 0 Å². The van der Waals surface area contributed by atoms with E-state index in [2.05, 4.69) is 0 Å². The summed E-state index contributed by atoms with van der Waals surface area (Å²) in [6.07, 6.45) is -13.7. The number of aliphatic hydroxyl groups excluding tert-OH is 5. The predicted octanol–water partition coefficient (Wildman–Crippen LogP) is -3.62. The summed E-state index contributed by atoms with van der Waals surface area (Å²) >= 11 is 0. The lowest BCUT2D eigenvalue weighted by molar-refractivity contribution is -0.352. The van der Waals surface area contributed by atoms with Crippen LogP contribution in [0.1, 0.15) is 13.8 Å². The van der Waals surface area contributed by atoms with Crippen LogP contribution in [0.3, 0.4) is 0 Å². The molecule has 156 valence electrons. The Labute approximate surface area is 154 Å². The molecule has 2 aliphatic heterocycles. The monoisotopic (exact) mass is 396 g/mol. The fourth-order valence-corrected chi connectivity index (χ4v) is 2.75. The Morgan fingerprint density at radius 1 is 0.963 bits per heavy atom. The molecule has 2 saturated heterocycles. The van der Waals surface area contributed by atoms with E-state index >= 15 is 0 Å². The van der Waals surface area contributed by atoms with E-state index in [0.717, 1.165) is 13.8 Å². The summed E-state index contributed by atoms with van der Waals surface area (Å²) < 4.78 is 25.2. The fourth-order valence-electron chi connectivity index (χ4n) is 2.75. The predicted molar refractivity (Wildman–Crippen MR) is 81.7 cm³/mol. The highest BCUT2D eigenvalue weighted by Crippen LogP contribution is 2.27. The van der Waals surface area contributed by atoms with Crippen molar-refractivity contribution in [2.24, 2.45) is 0 Å². The van der Waals surface area contributed by atoms with Crippen LogP contribution >= 0.6 is 0 Å². The van der Waals surface area contributed by atoms with Crippen molar-refractivity contribution in [1.29, 1.82) is 0 Å². The van der Waals surface area contributed by atoms with Gasteiger partial charge in [-0.15, -0.1) is 0 Å². The van der Waals surface area contributed by atoms with E-state index in [1.807, 2.05) is 0 Å². The summed E-state index contributed by atoms with van der Waals surface area (Å²) in [5.41, 5.74) is 0. The molecule has 0 bridgehead atoms. The normalized spacial score (nSPS) is 42.4. The number of aliphatic hydroxyl groups is 5. The minimum atomic E-state index is -1.75. The molecule has 0 aromatic carbocycles. The van der Waals surface area contributed by atoms with Crippen molar-refractivity contribution in [2.45, 2.75) is 69.2 Å². The summed E-state index contributed by atoms with van der Waals surface area (Å²) in [5, 5.41) is 50.1. The van der Waals surface area contributed by atoms with Gasteiger partial charge in [-0.3, -0.25) is 9.59 Å². The Hall–Kier alpha value is -1.38. The molecule has 0 radical (unpaired) electrons. The van der Waals surface area contributed by atoms with Gasteiger partial charge in [-0.2, -0.15) is 0 Å². The number of hydrogen-bond acceptors (Lipinski definition) is 12. The number of carbonyl (C=O) groups excluding carboxylic acids is 2. The summed E-state index contributed by atoms with van der Waals surface area (Å²) in [6, 6.07) is 0. The first-order chi connectivity index (χ1) is 12.6. The van der Waals surface area contributed by atoms with Gasteiger partial charge in [0.15, 0.2) is 18.7 Å². The van der Waals surface area contributed by atoms with Crippen molar-refractivity contribution in [3.8, 4) is 0 Å². The van der Waals surface area contributed by atoms with Crippen LogP contribution in [0.2, 0.25) is 0 Å². The molecule has 0 aromatic heterocycles. The molecule has 0 spiro atoms. The van der Waals surface area contributed by atoms with Gasteiger partial charge < -0.3 is 49.2 Å². The Bertz CT molecular complexity index is 527. The summed E-state index contributed by atoms with van der Waals surface area (Å²) in [5.74, 6) is -1.34. The highest BCUT2D eigenvalue weighted by molar-refractivity contribution is 5.66. The second-order valence-electron chi connectivity index (χ2n) is 6.28. The first kappa shape index (κ1) is 21.9. The van der Waals surface area contributed by atoms with Crippen molar-refractivity contribution in [1.82, 2.24) is 0 Å². The van der Waals surface area contributed by atoms with Crippen LogP contribution in [0.5, 0.6) is 0 Å². The molecule has 2 rings (SSSR count). The molecule has 27 heavy (non-hydrogen) atoms. The quantitative estimate of drug-likeness (QED) is 0.288. The Morgan fingerprint density at radius 3 is 2.22 bits per heavy atom. The van der Waals surface area contributed by atoms with E-state index in [0.29, 0.717) is 0 Å². The third-order valence-electron chi connectivity index (χ3n) is 4.16. The molecular formula is C15H24O12. The Kier molecular flexibility index (Phi) is 7.47. The van der Waals surface area contributed by atoms with E-state index in [9.17, 15) is 35.1 Å². The number of ether oxygens (including phenoxy) is 5. The number of carbonyl (C=O) groups is 2. The van der Waals surface area contributed by atoms with E-state index in [-0.39, 0.29) is 6.61 Å². The van der Waals surface area contributed by atoms with Crippen molar-refractivity contribution >= 4 is 11.9 Å². The molecular weight excluding hydrogens is 372 g/mol. The molecule has 2 heterocycles. The van der Waals surface area contributed by atoms with Gasteiger partial charge in [0.05, 0.1) is 6.61 Å². The SMILES string of the molecule is CC(=O)OCC1OC(OC2C(O)OCC(OC(C)=O)C2O)C(O)C(O)C1O. The first-order valence-electron chi connectivity index (χ1n) is 8.25. The lowest BCUT2D eigenvalue weighted by atomic mass is 9.98. The van der Waals surface area contributed by atoms with Gasteiger partial charge in [-0.25, -0.2) is 0 Å². The van der Waals surface area contributed by atoms with Crippen LogP contribution in [0.15, 0.2) is 0 Å². The van der Waals surface area contributed by atoms with Crippen LogP contribution in [0.4, 0.5) is 0 Å². The van der Waals surface area contributed by atoms with Crippen molar-refractivity contribution in [3.05, 3.63) is 0 Å². The van der Waals surface area contributed by atoms with Gasteiger partial charge in [0.2, 0.25) is 0 Å². The van der Waals surface area contributed by atoms with Crippen LogP contribution in [-0.2, 0) is 33.3 Å². The van der Waals surface area contributed by atoms with Crippen molar-refractivity contribution < 1.29 is 58.8 Å². The zero-order chi connectivity index (χ0) is 20.3. The molecule has 2 aliphatic rings. The highest BCUT2D eigenvalue weighted by Gasteiger charge is 2.49. The number of hydrogen-bond donors (Lipinski definition) is 5. The minimum absolute atomic E-state index is 0.285. The van der Waals surface area contributed by atoms with Crippen LogP contribution in [0.25, 0.3) is 0 Å². The van der Waals surface area contributed by atoms with Gasteiger partial charge in [-0.05, 0) is 0 Å². The second-order valence-corrected chi connectivity index (χ2v) is 6.28. The fraction of sp³-hybridized carbons (Fsp3) is 0.867. The van der Waals surface area contributed by atoms with Gasteiger partial charge in [0.25, 0.3) is 0 Å². The first-order valence-corrected chi connectivity index (χ1v) is 8.25. The summed E-state index contributed by atoms with van der Waals surface area (Å²) in [7, 11) is 0. The van der Waals surface area contributed by atoms with Crippen molar-refractivity contribution in [2.75, 3.05) is 13.2 Å². The zero-order valence-electron chi connectivity index (χ0n) is 14.7. The molecule has 2 fully saturated rings. The minimum Gasteiger partial charge on any atom is -0.463 e. The third-order valence-corrected chi connectivity index (χ3v) is 4.16. The second kappa shape index (κ2) is 9.21. The maximum Gasteiger partial charge on any atom is 0.303 e. The molecule has 0 saturated carbocycles. The molecule has 5 N–H and O–H groups in total. The van der Waals surface area contributed by atoms with Crippen LogP contribution in [0, 0.1) is 0 Å². The summed E-state index contributed by atoms with van der Waals surface area (Å²) in [4.78, 5) is 22.0. The van der Waals surface area contributed by atoms with Gasteiger partial charge >= 0.3 is 11.9 Å². The van der Waals surface area contributed by atoms with Crippen LogP contribution < -0.4 is 0 Å². The molecule has 0 amide bonds. The maximum atomic E-state index is 11.1. The van der Waals surface area contributed by atoms with Gasteiger partial charge in [-0.1, -0.05) is 0 Å². The van der Waals surface area contributed by atoms with Crippen LogP contribution in [-0.4, -0.2) is 106 Å². The van der Waals surface area contributed by atoms with Gasteiger partial charge in [0, 0.05) is 13.8 Å². The zero-order valence-corrected chi connectivity index (χ0v) is 14.7. The van der Waals surface area contributed by atoms with E-state index in [4.69, 9.17) is 23.7 Å². The molecule has 0 aromatic rings. The average molecular weight is 396 g/mol. The third kappa shape index (κ3) is 5.33. The van der Waals surface area contributed by atoms with E-state index in [1.54, 1.807) is 0 Å². The molecule has 12 heteroatoms. The molecule has 0 aliphatic carbocycles. The Morgan fingerprint density at radius 2 is 1.63 bits per heavy atom. The summed E-state index contributed by atoms with van der Waals surface area (Å²) in [6.45, 7) is 1.55. The maximum absolute atomic E-state index is 11.1. The smallest absolute Gasteiger partial charge is 0.303 e.